The Hall–Kier alpha value is -3.27. The van der Waals surface area contributed by atoms with Crippen LogP contribution in [0.4, 0.5) is 0 Å². The lowest BCUT2D eigenvalue weighted by Gasteiger charge is -2.12. The van der Waals surface area contributed by atoms with Gasteiger partial charge in [0.1, 0.15) is 11.5 Å². The maximum Gasteiger partial charge on any atom is 0.252 e. The summed E-state index contributed by atoms with van der Waals surface area (Å²) in [5, 5.41) is 4.10. The summed E-state index contributed by atoms with van der Waals surface area (Å²) in [4.78, 5) is 15.7. The predicted molar refractivity (Wildman–Crippen MR) is 109 cm³/mol. The number of pyridine rings is 1. The first kappa shape index (κ1) is 17.2. The van der Waals surface area contributed by atoms with Gasteiger partial charge in [0.2, 0.25) is 0 Å². The van der Waals surface area contributed by atoms with E-state index in [9.17, 15) is 4.79 Å². The normalized spacial score (nSPS) is 11.1. The van der Waals surface area contributed by atoms with Gasteiger partial charge in [-0.1, -0.05) is 30.3 Å². The molecule has 0 saturated heterocycles. The van der Waals surface area contributed by atoms with Gasteiger partial charge < -0.3 is 14.5 Å². The summed E-state index contributed by atoms with van der Waals surface area (Å²) in [6, 6.07) is 18.1. The van der Waals surface area contributed by atoms with Crippen molar-refractivity contribution in [3.63, 3.8) is 0 Å². The minimum atomic E-state index is -0.0691. The third-order valence-corrected chi connectivity index (χ3v) is 5.02. The Morgan fingerprint density at radius 2 is 1.70 bits per heavy atom. The Bertz CT molecular complexity index is 1210. The number of hydrogen-bond donors (Lipinski definition) is 1. The third-order valence-electron chi connectivity index (χ3n) is 5.02. The van der Waals surface area contributed by atoms with Crippen LogP contribution in [0.3, 0.4) is 0 Å². The largest absolute Gasteiger partial charge is 0.497 e. The van der Waals surface area contributed by atoms with Crippen molar-refractivity contribution in [2.45, 2.75) is 13.3 Å². The van der Waals surface area contributed by atoms with Crippen LogP contribution in [0.5, 0.6) is 11.5 Å². The molecule has 1 heterocycles. The molecule has 0 aliphatic carbocycles. The number of ether oxygens (including phenoxy) is 2. The summed E-state index contributed by atoms with van der Waals surface area (Å²) in [6.07, 6.45) is 0.514. The number of H-pyrrole nitrogens is 1. The molecule has 0 unspecified atom stereocenters. The fourth-order valence-corrected chi connectivity index (χ4v) is 3.65. The Balaban J connectivity index is 1.91. The van der Waals surface area contributed by atoms with Crippen molar-refractivity contribution in [3.05, 3.63) is 81.8 Å². The first-order valence-electron chi connectivity index (χ1n) is 8.86. The van der Waals surface area contributed by atoms with E-state index < -0.39 is 0 Å². The second-order valence-corrected chi connectivity index (χ2v) is 6.67. The molecule has 4 aromatic rings. The van der Waals surface area contributed by atoms with Crippen LogP contribution >= 0.6 is 0 Å². The lowest BCUT2D eigenvalue weighted by molar-refractivity contribution is 0.415. The molecule has 0 atom stereocenters. The molecular formula is C23H21NO3. The molecule has 0 saturated carbocycles. The molecule has 0 spiro atoms. The molecule has 1 aromatic heterocycles. The number of benzene rings is 3. The number of aromatic nitrogens is 1. The van der Waals surface area contributed by atoms with E-state index in [1.54, 1.807) is 14.2 Å². The zero-order valence-corrected chi connectivity index (χ0v) is 15.6. The Morgan fingerprint density at radius 1 is 0.889 bits per heavy atom. The highest BCUT2D eigenvalue weighted by atomic mass is 16.5. The van der Waals surface area contributed by atoms with Crippen LogP contribution in [0.1, 0.15) is 16.8 Å². The maximum absolute atomic E-state index is 12.7. The van der Waals surface area contributed by atoms with Gasteiger partial charge in [-0.05, 0) is 47.5 Å². The van der Waals surface area contributed by atoms with E-state index in [-0.39, 0.29) is 5.56 Å². The third kappa shape index (κ3) is 3.04. The van der Waals surface area contributed by atoms with Crippen LogP contribution < -0.4 is 15.0 Å². The Kier molecular flexibility index (Phi) is 4.32. The van der Waals surface area contributed by atoms with E-state index in [1.807, 2.05) is 49.4 Å². The van der Waals surface area contributed by atoms with Gasteiger partial charge in [0.15, 0.2) is 0 Å². The van der Waals surface area contributed by atoms with Crippen molar-refractivity contribution in [2.75, 3.05) is 14.2 Å². The molecule has 0 amide bonds. The molecule has 0 bridgehead atoms. The highest BCUT2D eigenvalue weighted by Gasteiger charge is 2.13. The lowest BCUT2D eigenvalue weighted by atomic mass is 9.97. The van der Waals surface area contributed by atoms with Crippen LogP contribution in [0, 0.1) is 6.92 Å². The lowest BCUT2D eigenvalue weighted by Crippen LogP contribution is -2.15. The van der Waals surface area contributed by atoms with Crippen molar-refractivity contribution in [1.29, 1.82) is 0 Å². The van der Waals surface area contributed by atoms with Gasteiger partial charge in [-0.2, -0.15) is 0 Å². The monoisotopic (exact) mass is 359 g/mol. The summed E-state index contributed by atoms with van der Waals surface area (Å²) in [7, 11) is 3.31. The number of fused-ring (bicyclic) bond motifs is 2. The number of aromatic amines is 1. The average molecular weight is 359 g/mol. The van der Waals surface area contributed by atoms with Crippen LogP contribution in [0.15, 0.2) is 59.4 Å². The number of methoxy groups -OCH3 is 2. The minimum absolute atomic E-state index is 0.0691. The van der Waals surface area contributed by atoms with Gasteiger partial charge in [-0.25, -0.2) is 0 Å². The standard InChI is InChI=1S/C23H21NO3/c1-14-18-9-8-17(26-2)13-20(18)21(23(25)24-14)11-15-10-16-6-4-5-7-19(16)22(12-15)27-3/h4-10,12-13H,11H2,1-3H3,(H,24,25). The second-order valence-electron chi connectivity index (χ2n) is 6.67. The van der Waals surface area contributed by atoms with E-state index in [4.69, 9.17) is 9.47 Å². The van der Waals surface area contributed by atoms with Gasteiger partial charge in [0.25, 0.3) is 5.56 Å². The van der Waals surface area contributed by atoms with E-state index >= 15 is 0 Å². The van der Waals surface area contributed by atoms with Gasteiger partial charge >= 0.3 is 0 Å². The zero-order chi connectivity index (χ0) is 19.0. The van der Waals surface area contributed by atoms with E-state index in [2.05, 4.69) is 17.1 Å². The summed E-state index contributed by atoms with van der Waals surface area (Å²) in [6.45, 7) is 1.92. The van der Waals surface area contributed by atoms with Crippen molar-refractivity contribution in [2.24, 2.45) is 0 Å². The van der Waals surface area contributed by atoms with Gasteiger partial charge in [-0.3, -0.25) is 4.79 Å². The van der Waals surface area contributed by atoms with E-state index in [1.165, 1.54) is 0 Å². The van der Waals surface area contributed by atoms with Crippen LogP contribution in [0.25, 0.3) is 21.5 Å². The second kappa shape index (κ2) is 6.80. The molecule has 1 N–H and O–H groups in total. The number of aryl methyl sites for hydroxylation is 1. The van der Waals surface area contributed by atoms with Gasteiger partial charge in [-0.15, -0.1) is 0 Å². The van der Waals surface area contributed by atoms with Crippen molar-refractivity contribution >= 4 is 21.5 Å². The molecule has 0 fully saturated rings. The smallest absolute Gasteiger partial charge is 0.252 e. The van der Waals surface area contributed by atoms with Crippen LogP contribution in [-0.2, 0) is 6.42 Å². The van der Waals surface area contributed by atoms with Crippen molar-refractivity contribution in [1.82, 2.24) is 4.98 Å². The maximum atomic E-state index is 12.7. The summed E-state index contributed by atoms with van der Waals surface area (Å²) < 4.78 is 10.9. The van der Waals surface area contributed by atoms with Crippen molar-refractivity contribution < 1.29 is 9.47 Å². The molecule has 0 radical (unpaired) electrons. The summed E-state index contributed by atoms with van der Waals surface area (Å²) in [5.74, 6) is 1.55. The molecule has 3 aromatic carbocycles. The SMILES string of the molecule is COc1ccc2c(C)[nH]c(=O)c(Cc3cc(OC)c4ccccc4c3)c2c1. The van der Waals surface area contributed by atoms with Gasteiger partial charge in [0.05, 0.1) is 14.2 Å². The first-order chi connectivity index (χ1) is 13.1. The summed E-state index contributed by atoms with van der Waals surface area (Å²) >= 11 is 0. The molecule has 4 rings (SSSR count). The fourth-order valence-electron chi connectivity index (χ4n) is 3.65. The Labute approximate surface area is 157 Å². The predicted octanol–water partition coefficient (Wildman–Crippen LogP) is 4.60. The molecule has 27 heavy (non-hydrogen) atoms. The number of hydrogen-bond acceptors (Lipinski definition) is 3. The topological polar surface area (TPSA) is 51.3 Å². The number of nitrogens with one attached hydrogen (secondary N) is 1. The fraction of sp³-hybridized carbons (Fsp3) is 0.174. The first-order valence-corrected chi connectivity index (χ1v) is 8.86. The minimum Gasteiger partial charge on any atom is -0.497 e. The molecule has 4 nitrogen and oxygen atoms in total. The van der Waals surface area contributed by atoms with Crippen LogP contribution in [-0.4, -0.2) is 19.2 Å². The van der Waals surface area contributed by atoms with E-state index in [0.717, 1.165) is 49.9 Å². The quantitative estimate of drug-likeness (QED) is 0.579. The zero-order valence-electron chi connectivity index (χ0n) is 15.6. The van der Waals surface area contributed by atoms with E-state index in [0.29, 0.717) is 6.42 Å². The number of rotatable bonds is 4. The van der Waals surface area contributed by atoms with Gasteiger partial charge in [0, 0.05) is 28.5 Å². The molecule has 4 heteroatoms. The molecule has 136 valence electrons. The molecule has 0 aliphatic rings. The highest BCUT2D eigenvalue weighted by Crippen LogP contribution is 2.30. The van der Waals surface area contributed by atoms with Crippen LogP contribution in [0.2, 0.25) is 0 Å². The molecular weight excluding hydrogens is 338 g/mol. The molecule has 0 aliphatic heterocycles. The Morgan fingerprint density at radius 3 is 2.48 bits per heavy atom. The highest BCUT2D eigenvalue weighted by molar-refractivity contribution is 5.90. The summed E-state index contributed by atoms with van der Waals surface area (Å²) in [5.41, 5.74) is 2.55. The average Bonchev–Trinajstić information content (AvgIpc) is 2.70. The van der Waals surface area contributed by atoms with Crippen molar-refractivity contribution in [3.8, 4) is 11.5 Å².